The first kappa shape index (κ1) is 21.3. The van der Waals surface area contributed by atoms with Crippen molar-refractivity contribution in [3.8, 4) is 5.75 Å². The molecule has 10 heteroatoms. The van der Waals surface area contributed by atoms with Crippen LogP contribution in [0.3, 0.4) is 0 Å². The number of nitro groups is 1. The van der Waals surface area contributed by atoms with E-state index >= 15 is 0 Å². The fraction of sp³-hybridized carbons (Fsp3) is 0.350. The number of aliphatic imine (C=N–C) groups is 1. The van der Waals surface area contributed by atoms with Gasteiger partial charge in [-0.15, -0.1) is 0 Å². The number of ether oxygens (including phenoxy) is 1. The van der Waals surface area contributed by atoms with Gasteiger partial charge in [0.05, 0.1) is 10.6 Å². The highest BCUT2D eigenvalue weighted by Gasteiger charge is 2.26. The Morgan fingerprint density at radius 1 is 1.30 bits per heavy atom. The number of benzene rings is 2. The molecule has 3 rings (SSSR count). The average Bonchev–Trinajstić information content (AvgIpc) is 3.19. The second-order valence-corrected chi connectivity index (χ2v) is 6.73. The molecule has 0 saturated carbocycles. The lowest BCUT2D eigenvalue weighted by Gasteiger charge is -2.22. The molecule has 0 amide bonds. The molecule has 2 N–H and O–H groups in total. The molecule has 1 aliphatic rings. The van der Waals surface area contributed by atoms with Crippen molar-refractivity contribution in [3.05, 3.63) is 64.2 Å². The Morgan fingerprint density at radius 2 is 2.03 bits per heavy atom. The number of nitrogens with one attached hydrogen (secondary N) is 2. The van der Waals surface area contributed by atoms with Crippen LogP contribution in [0.4, 0.5) is 20.2 Å². The molecular weight excluding hydrogens is 396 g/mol. The maximum Gasteiger partial charge on any atom is 0.387 e. The van der Waals surface area contributed by atoms with Gasteiger partial charge in [0.15, 0.2) is 5.96 Å². The van der Waals surface area contributed by atoms with E-state index < -0.39 is 11.5 Å². The van der Waals surface area contributed by atoms with Crippen LogP contribution in [0, 0.1) is 10.1 Å². The van der Waals surface area contributed by atoms with E-state index in [9.17, 15) is 18.9 Å². The normalized spacial score (nSPS) is 16.6. The van der Waals surface area contributed by atoms with Gasteiger partial charge in [0.1, 0.15) is 5.75 Å². The van der Waals surface area contributed by atoms with Crippen molar-refractivity contribution in [2.45, 2.75) is 25.6 Å². The number of hydrogen-bond donors (Lipinski definition) is 2. The van der Waals surface area contributed by atoms with Gasteiger partial charge in [0.2, 0.25) is 0 Å². The van der Waals surface area contributed by atoms with Crippen LogP contribution in [0.15, 0.2) is 53.5 Å². The van der Waals surface area contributed by atoms with Gasteiger partial charge < -0.3 is 20.3 Å². The van der Waals surface area contributed by atoms with Crippen molar-refractivity contribution >= 4 is 17.3 Å². The predicted octanol–water partition coefficient (Wildman–Crippen LogP) is 3.14. The van der Waals surface area contributed by atoms with Crippen LogP contribution in [-0.4, -0.2) is 43.7 Å². The van der Waals surface area contributed by atoms with Gasteiger partial charge in [-0.05, 0) is 18.6 Å². The molecule has 8 nitrogen and oxygen atoms in total. The summed E-state index contributed by atoms with van der Waals surface area (Å²) in [5.41, 5.74) is 1.21. The fourth-order valence-corrected chi connectivity index (χ4v) is 3.42. The number of nitro benzene ring substituents is 1. The quantitative estimate of drug-likeness (QED) is 0.310. The summed E-state index contributed by atoms with van der Waals surface area (Å²) in [6.07, 6.45) is 0.773. The van der Waals surface area contributed by atoms with E-state index in [-0.39, 0.29) is 24.0 Å². The highest BCUT2D eigenvalue weighted by Crippen LogP contribution is 2.31. The van der Waals surface area contributed by atoms with Crippen LogP contribution in [0.2, 0.25) is 0 Å². The number of anilines is 1. The minimum atomic E-state index is -2.88. The van der Waals surface area contributed by atoms with E-state index in [4.69, 9.17) is 0 Å². The molecule has 1 unspecified atom stereocenters. The largest absolute Gasteiger partial charge is 0.433 e. The SMILES string of the molecule is CN=C(NCc1ccccc1[N+](=O)[O-])NC1CCN(c2ccccc2OC(F)F)C1. The van der Waals surface area contributed by atoms with E-state index in [2.05, 4.69) is 20.4 Å². The van der Waals surface area contributed by atoms with Crippen molar-refractivity contribution < 1.29 is 18.4 Å². The molecule has 0 bridgehead atoms. The minimum Gasteiger partial charge on any atom is -0.433 e. The van der Waals surface area contributed by atoms with Gasteiger partial charge in [0.25, 0.3) is 5.69 Å². The molecule has 0 aromatic heterocycles. The Labute approximate surface area is 172 Å². The summed E-state index contributed by atoms with van der Waals surface area (Å²) in [5.74, 6) is 0.657. The average molecular weight is 419 g/mol. The topological polar surface area (TPSA) is 92.0 Å². The smallest absolute Gasteiger partial charge is 0.387 e. The van der Waals surface area contributed by atoms with Gasteiger partial charge in [-0.2, -0.15) is 8.78 Å². The van der Waals surface area contributed by atoms with E-state index in [1.807, 2.05) is 4.90 Å². The standard InChI is InChI=1S/C20H23F2N5O3/c1-23-20(24-12-14-6-2-3-7-16(14)27(28)29)25-15-10-11-26(13-15)17-8-4-5-9-18(17)30-19(21)22/h2-9,15,19H,10-13H2,1H3,(H2,23,24,25). The summed E-state index contributed by atoms with van der Waals surface area (Å²) in [6.45, 7) is -1.39. The van der Waals surface area contributed by atoms with Crippen molar-refractivity contribution in [1.29, 1.82) is 0 Å². The molecule has 2 aromatic carbocycles. The van der Waals surface area contributed by atoms with Crippen LogP contribution >= 0.6 is 0 Å². The van der Waals surface area contributed by atoms with Gasteiger partial charge in [0, 0.05) is 44.4 Å². The molecule has 1 aliphatic heterocycles. The monoisotopic (exact) mass is 419 g/mol. The summed E-state index contributed by atoms with van der Waals surface area (Å²) in [7, 11) is 1.62. The third-order valence-corrected chi connectivity index (χ3v) is 4.81. The number of halogens is 2. The van der Waals surface area contributed by atoms with Gasteiger partial charge in [-0.3, -0.25) is 15.1 Å². The Kier molecular flexibility index (Phi) is 6.99. The number of guanidine groups is 1. The zero-order chi connectivity index (χ0) is 21.5. The second-order valence-electron chi connectivity index (χ2n) is 6.73. The molecule has 30 heavy (non-hydrogen) atoms. The van der Waals surface area contributed by atoms with Crippen LogP contribution in [-0.2, 0) is 6.54 Å². The third-order valence-electron chi connectivity index (χ3n) is 4.81. The van der Waals surface area contributed by atoms with Crippen LogP contribution < -0.4 is 20.3 Å². The van der Waals surface area contributed by atoms with E-state index in [1.165, 1.54) is 12.1 Å². The summed E-state index contributed by atoms with van der Waals surface area (Å²) in [6, 6.07) is 13.3. The minimum absolute atomic E-state index is 0.0292. The zero-order valence-corrected chi connectivity index (χ0v) is 16.4. The van der Waals surface area contributed by atoms with Crippen molar-refractivity contribution in [2.75, 3.05) is 25.0 Å². The molecule has 1 fully saturated rings. The molecule has 1 saturated heterocycles. The number of rotatable bonds is 7. The van der Waals surface area contributed by atoms with Crippen LogP contribution in [0.5, 0.6) is 5.75 Å². The summed E-state index contributed by atoms with van der Waals surface area (Å²) in [5, 5.41) is 17.5. The van der Waals surface area contributed by atoms with E-state index in [1.54, 1.807) is 43.4 Å². The zero-order valence-electron chi connectivity index (χ0n) is 16.4. The first-order chi connectivity index (χ1) is 14.5. The Balaban J connectivity index is 1.59. The maximum absolute atomic E-state index is 12.7. The Bertz CT molecular complexity index is 910. The lowest BCUT2D eigenvalue weighted by Crippen LogP contribution is -2.44. The van der Waals surface area contributed by atoms with Crippen molar-refractivity contribution in [3.63, 3.8) is 0 Å². The lowest BCUT2D eigenvalue weighted by atomic mass is 10.2. The predicted molar refractivity (Wildman–Crippen MR) is 110 cm³/mol. The van der Waals surface area contributed by atoms with Gasteiger partial charge >= 0.3 is 6.61 Å². The molecule has 0 aliphatic carbocycles. The summed E-state index contributed by atoms with van der Waals surface area (Å²) in [4.78, 5) is 16.9. The molecule has 1 heterocycles. The summed E-state index contributed by atoms with van der Waals surface area (Å²) < 4.78 is 30.0. The number of nitrogens with zero attached hydrogens (tertiary/aromatic N) is 3. The molecule has 0 spiro atoms. The Morgan fingerprint density at radius 3 is 2.77 bits per heavy atom. The second kappa shape index (κ2) is 9.86. The van der Waals surface area contributed by atoms with E-state index in [0.29, 0.717) is 30.3 Å². The molecule has 1 atom stereocenters. The molecule has 2 aromatic rings. The lowest BCUT2D eigenvalue weighted by molar-refractivity contribution is -0.385. The summed E-state index contributed by atoms with van der Waals surface area (Å²) >= 11 is 0. The van der Waals surface area contributed by atoms with Gasteiger partial charge in [-0.1, -0.05) is 30.3 Å². The third kappa shape index (κ3) is 5.34. The van der Waals surface area contributed by atoms with Crippen LogP contribution in [0.1, 0.15) is 12.0 Å². The number of para-hydroxylation sites is 3. The molecule has 0 radical (unpaired) electrons. The number of alkyl halides is 2. The molecule has 160 valence electrons. The molecular formula is C20H23F2N5O3. The Hall–Kier alpha value is -3.43. The van der Waals surface area contributed by atoms with Crippen molar-refractivity contribution in [1.82, 2.24) is 10.6 Å². The number of hydrogen-bond acceptors (Lipinski definition) is 5. The van der Waals surface area contributed by atoms with E-state index in [0.717, 1.165) is 6.42 Å². The maximum atomic E-state index is 12.7. The van der Waals surface area contributed by atoms with Crippen LogP contribution in [0.25, 0.3) is 0 Å². The highest BCUT2D eigenvalue weighted by molar-refractivity contribution is 5.80. The van der Waals surface area contributed by atoms with Gasteiger partial charge in [-0.25, -0.2) is 0 Å². The van der Waals surface area contributed by atoms with Crippen molar-refractivity contribution in [2.24, 2.45) is 4.99 Å². The fourth-order valence-electron chi connectivity index (χ4n) is 3.42. The first-order valence-electron chi connectivity index (χ1n) is 9.46. The first-order valence-corrected chi connectivity index (χ1v) is 9.46. The highest BCUT2D eigenvalue weighted by atomic mass is 19.3.